The number of rotatable bonds is 4. The summed E-state index contributed by atoms with van der Waals surface area (Å²) in [5.74, 6) is 0. The summed E-state index contributed by atoms with van der Waals surface area (Å²) < 4.78 is 1.79. The van der Waals surface area contributed by atoms with Crippen LogP contribution >= 0.6 is 0 Å². The summed E-state index contributed by atoms with van der Waals surface area (Å²) in [7, 11) is 0. The van der Waals surface area contributed by atoms with Gasteiger partial charge in [0, 0.05) is 23.7 Å². The van der Waals surface area contributed by atoms with Crippen molar-refractivity contribution in [1.29, 1.82) is 0 Å². The molecule has 0 saturated heterocycles. The van der Waals surface area contributed by atoms with E-state index in [9.17, 15) is 4.79 Å². The first kappa shape index (κ1) is 11.8. The number of aryl methyl sites for hydroxylation is 2. The molecule has 0 atom stereocenters. The van der Waals surface area contributed by atoms with Crippen molar-refractivity contribution >= 4 is 11.0 Å². The van der Waals surface area contributed by atoms with Gasteiger partial charge in [-0.1, -0.05) is 19.8 Å². The highest BCUT2D eigenvalue weighted by atomic mass is 16.1. The highest BCUT2D eigenvalue weighted by Gasteiger charge is 2.04. The molecule has 0 aromatic carbocycles. The lowest BCUT2D eigenvalue weighted by Crippen LogP contribution is -2.20. The van der Waals surface area contributed by atoms with E-state index in [1.165, 1.54) is 0 Å². The number of hydrogen-bond donors (Lipinski definition) is 0. The molecule has 0 bridgehead atoms. The zero-order chi connectivity index (χ0) is 12.3. The maximum Gasteiger partial charge on any atom is 0.252 e. The van der Waals surface area contributed by atoms with Crippen LogP contribution in [-0.4, -0.2) is 9.55 Å². The maximum absolute atomic E-state index is 11.9. The van der Waals surface area contributed by atoms with Gasteiger partial charge in [-0.25, -0.2) is 4.98 Å². The Labute approximate surface area is 101 Å². The monoisotopic (exact) mass is 230 g/mol. The second-order valence-electron chi connectivity index (χ2n) is 4.40. The average Bonchev–Trinajstić information content (AvgIpc) is 2.32. The molecular formula is C14H18N2O. The van der Waals surface area contributed by atoms with Crippen LogP contribution in [0.1, 0.15) is 31.9 Å². The minimum atomic E-state index is 0.0479. The summed E-state index contributed by atoms with van der Waals surface area (Å²) in [5.41, 5.74) is 1.81. The van der Waals surface area contributed by atoms with Gasteiger partial charge in [-0.2, -0.15) is 0 Å². The molecule has 3 nitrogen and oxygen atoms in total. The van der Waals surface area contributed by atoms with E-state index in [-0.39, 0.29) is 5.56 Å². The van der Waals surface area contributed by atoms with E-state index >= 15 is 0 Å². The van der Waals surface area contributed by atoms with E-state index < -0.39 is 0 Å². The highest BCUT2D eigenvalue weighted by molar-refractivity contribution is 5.74. The lowest BCUT2D eigenvalue weighted by atomic mass is 10.2. The summed E-state index contributed by atoms with van der Waals surface area (Å²) >= 11 is 0. The van der Waals surface area contributed by atoms with Crippen molar-refractivity contribution < 1.29 is 0 Å². The SMILES string of the molecule is CCCCCn1c(=O)ccc2ccc(C)nc21. The number of unbranched alkanes of at least 4 members (excludes halogenated alkanes) is 2. The lowest BCUT2D eigenvalue weighted by Gasteiger charge is -2.09. The fraction of sp³-hybridized carbons (Fsp3) is 0.429. The van der Waals surface area contributed by atoms with E-state index in [0.717, 1.165) is 42.5 Å². The Morgan fingerprint density at radius 1 is 1.18 bits per heavy atom. The Kier molecular flexibility index (Phi) is 3.57. The van der Waals surface area contributed by atoms with Crippen molar-refractivity contribution in [3.05, 3.63) is 40.3 Å². The van der Waals surface area contributed by atoms with E-state index in [4.69, 9.17) is 0 Å². The van der Waals surface area contributed by atoms with Gasteiger partial charge in [0.05, 0.1) is 0 Å². The predicted octanol–water partition coefficient (Wildman–Crippen LogP) is 2.90. The predicted molar refractivity (Wildman–Crippen MR) is 70.3 cm³/mol. The van der Waals surface area contributed by atoms with Crippen molar-refractivity contribution in [2.45, 2.75) is 39.7 Å². The van der Waals surface area contributed by atoms with Crippen LogP contribution < -0.4 is 5.56 Å². The molecule has 0 spiro atoms. The average molecular weight is 230 g/mol. The van der Waals surface area contributed by atoms with Crippen LogP contribution in [0.5, 0.6) is 0 Å². The van der Waals surface area contributed by atoms with Crippen molar-refractivity contribution in [1.82, 2.24) is 9.55 Å². The zero-order valence-electron chi connectivity index (χ0n) is 10.4. The summed E-state index contributed by atoms with van der Waals surface area (Å²) in [6.07, 6.45) is 3.34. The number of pyridine rings is 2. The number of nitrogens with zero attached hydrogens (tertiary/aromatic N) is 2. The van der Waals surface area contributed by atoms with Crippen molar-refractivity contribution in [2.75, 3.05) is 0 Å². The van der Waals surface area contributed by atoms with Gasteiger partial charge in [0.1, 0.15) is 5.65 Å². The number of fused-ring (bicyclic) bond motifs is 1. The molecule has 3 heteroatoms. The van der Waals surface area contributed by atoms with Gasteiger partial charge in [0.2, 0.25) is 0 Å². The minimum Gasteiger partial charge on any atom is -0.293 e. The van der Waals surface area contributed by atoms with Crippen LogP contribution in [0.2, 0.25) is 0 Å². The van der Waals surface area contributed by atoms with Crippen molar-refractivity contribution in [2.24, 2.45) is 0 Å². The maximum atomic E-state index is 11.9. The van der Waals surface area contributed by atoms with Gasteiger partial charge in [-0.05, 0) is 31.5 Å². The van der Waals surface area contributed by atoms with Gasteiger partial charge in [0.15, 0.2) is 0 Å². The van der Waals surface area contributed by atoms with Crippen molar-refractivity contribution in [3.8, 4) is 0 Å². The van der Waals surface area contributed by atoms with Crippen LogP contribution in [0.15, 0.2) is 29.1 Å². The zero-order valence-corrected chi connectivity index (χ0v) is 10.4. The molecule has 0 radical (unpaired) electrons. The van der Waals surface area contributed by atoms with Crippen LogP contribution in [0.3, 0.4) is 0 Å². The topological polar surface area (TPSA) is 34.9 Å². The largest absolute Gasteiger partial charge is 0.293 e. The Hall–Kier alpha value is -1.64. The summed E-state index contributed by atoms with van der Waals surface area (Å²) in [5, 5.41) is 1.03. The van der Waals surface area contributed by atoms with Crippen LogP contribution in [0, 0.1) is 6.92 Å². The van der Waals surface area contributed by atoms with E-state index in [2.05, 4.69) is 11.9 Å². The molecule has 0 aliphatic carbocycles. The molecule has 0 fully saturated rings. The Morgan fingerprint density at radius 2 is 1.94 bits per heavy atom. The molecule has 90 valence electrons. The number of aromatic nitrogens is 2. The lowest BCUT2D eigenvalue weighted by molar-refractivity contribution is 0.599. The fourth-order valence-corrected chi connectivity index (χ4v) is 1.99. The van der Waals surface area contributed by atoms with Gasteiger partial charge in [0.25, 0.3) is 5.56 Å². The molecule has 2 heterocycles. The standard InChI is InChI=1S/C14H18N2O/c1-3-4-5-10-16-13(17)9-8-12-7-6-11(2)15-14(12)16/h6-9H,3-5,10H2,1-2H3. The van der Waals surface area contributed by atoms with E-state index in [1.54, 1.807) is 10.6 Å². The highest BCUT2D eigenvalue weighted by Crippen LogP contribution is 2.11. The van der Waals surface area contributed by atoms with Gasteiger partial charge >= 0.3 is 0 Å². The molecule has 0 unspecified atom stereocenters. The van der Waals surface area contributed by atoms with Crippen LogP contribution in [-0.2, 0) is 6.54 Å². The fourth-order valence-electron chi connectivity index (χ4n) is 1.99. The second-order valence-corrected chi connectivity index (χ2v) is 4.40. The summed E-state index contributed by atoms with van der Waals surface area (Å²) in [6, 6.07) is 7.47. The minimum absolute atomic E-state index is 0.0479. The molecule has 2 rings (SSSR count). The number of hydrogen-bond acceptors (Lipinski definition) is 2. The summed E-state index contributed by atoms with van der Waals surface area (Å²) in [6.45, 7) is 4.88. The molecule has 0 aliphatic rings. The molecular weight excluding hydrogens is 212 g/mol. The van der Waals surface area contributed by atoms with Crippen LogP contribution in [0.4, 0.5) is 0 Å². The second kappa shape index (κ2) is 5.13. The third kappa shape index (κ3) is 2.54. The first-order chi connectivity index (χ1) is 8.22. The Balaban J connectivity index is 2.47. The Morgan fingerprint density at radius 3 is 2.71 bits per heavy atom. The Bertz CT molecular complexity index is 572. The molecule has 17 heavy (non-hydrogen) atoms. The molecule has 0 N–H and O–H groups in total. The van der Waals surface area contributed by atoms with Gasteiger partial charge in [-0.3, -0.25) is 9.36 Å². The third-order valence-electron chi connectivity index (χ3n) is 2.96. The van der Waals surface area contributed by atoms with Crippen LogP contribution in [0.25, 0.3) is 11.0 Å². The smallest absolute Gasteiger partial charge is 0.252 e. The van der Waals surface area contributed by atoms with E-state index in [1.807, 2.05) is 25.1 Å². The molecule has 2 aromatic heterocycles. The summed E-state index contributed by atoms with van der Waals surface area (Å²) in [4.78, 5) is 16.3. The quantitative estimate of drug-likeness (QED) is 0.757. The van der Waals surface area contributed by atoms with Gasteiger partial charge < -0.3 is 0 Å². The third-order valence-corrected chi connectivity index (χ3v) is 2.96. The van der Waals surface area contributed by atoms with E-state index in [0.29, 0.717) is 0 Å². The molecule has 0 saturated carbocycles. The molecule has 0 amide bonds. The first-order valence-corrected chi connectivity index (χ1v) is 6.19. The van der Waals surface area contributed by atoms with Crippen molar-refractivity contribution in [3.63, 3.8) is 0 Å². The normalized spacial score (nSPS) is 10.9. The van der Waals surface area contributed by atoms with Gasteiger partial charge in [-0.15, -0.1) is 0 Å². The first-order valence-electron chi connectivity index (χ1n) is 6.19. The molecule has 2 aromatic rings. The molecule has 0 aliphatic heterocycles.